The van der Waals surface area contributed by atoms with Crippen LogP contribution in [-0.2, 0) is 10.2 Å². The van der Waals surface area contributed by atoms with Crippen molar-refractivity contribution >= 4 is 12.0 Å². The second-order valence-electron chi connectivity index (χ2n) is 7.36. The Morgan fingerprint density at radius 1 is 1.00 bits per heavy atom. The zero-order chi connectivity index (χ0) is 20.6. The van der Waals surface area contributed by atoms with Gasteiger partial charge in [0.05, 0.1) is 20.8 Å². The smallest absolute Gasteiger partial charge is 0.244 e. The third kappa shape index (κ3) is 6.34. The lowest BCUT2D eigenvalue weighted by atomic mass is 9.87. The third-order valence-electron chi connectivity index (χ3n) is 4.23. The second kappa shape index (κ2) is 9.83. The van der Waals surface area contributed by atoms with Gasteiger partial charge in [0.25, 0.3) is 0 Å². The van der Waals surface area contributed by atoms with Gasteiger partial charge < -0.3 is 19.5 Å². The Morgan fingerprint density at radius 3 is 2.29 bits per heavy atom. The first-order chi connectivity index (χ1) is 13.3. The SMILES string of the molecule is COc1ccc(/C=C/C(=O)NCCOc2ccc(C(C)(C)C)cc2)cc1OC. The Bertz CT molecular complexity index is 804. The predicted octanol–water partition coefficient (Wildman–Crippen LogP) is 4.21. The van der Waals surface area contributed by atoms with Crippen LogP contribution in [0.1, 0.15) is 31.9 Å². The van der Waals surface area contributed by atoms with Crippen molar-refractivity contribution in [1.82, 2.24) is 5.32 Å². The monoisotopic (exact) mass is 383 g/mol. The molecule has 0 saturated heterocycles. The van der Waals surface area contributed by atoms with E-state index in [1.807, 2.05) is 24.3 Å². The van der Waals surface area contributed by atoms with E-state index in [0.29, 0.717) is 24.7 Å². The minimum Gasteiger partial charge on any atom is -0.493 e. The number of carbonyl (C=O) groups is 1. The van der Waals surface area contributed by atoms with Gasteiger partial charge in [-0.3, -0.25) is 4.79 Å². The molecule has 2 rings (SSSR count). The van der Waals surface area contributed by atoms with Gasteiger partial charge in [0, 0.05) is 6.08 Å². The number of nitrogens with one attached hydrogen (secondary N) is 1. The van der Waals surface area contributed by atoms with Crippen molar-refractivity contribution in [2.75, 3.05) is 27.4 Å². The lowest BCUT2D eigenvalue weighted by Crippen LogP contribution is -2.26. The molecule has 5 heteroatoms. The van der Waals surface area contributed by atoms with Gasteiger partial charge in [0.1, 0.15) is 12.4 Å². The van der Waals surface area contributed by atoms with Crippen LogP contribution in [0.25, 0.3) is 6.08 Å². The minimum atomic E-state index is -0.179. The average molecular weight is 383 g/mol. The van der Waals surface area contributed by atoms with E-state index in [1.54, 1.807) is 26.4 Å². The molecule has 28 heavy (non-hydrogen) atoms. The molecule has 0 unspecified atom stereocenters. The summed E-state index contributed by atoms with van der Waals surface area (Å²) in [5, 5.41) is 2.80. The van der Waals surface area contributed by atoms with Crippen LogP contribution in [0.15, 0.2) is 48.5 Å². The Labute approximate surface area is 167 Å². The summed E-state index contributed by atoms with van der Waals surface area (Å²) in [5.41, 5.74) is 2.23. The molecular formula is C23H29NO4. The molecule has 0 saturated carbocycles. The van der Waals surface area contributed by atoms with E-state index >= 15 is 0 Å². The van der Waals surface area contributed by atoms with Crippen LogP contribution in [0.4, 0.5) is 0 Å². The molecule has 2 aromatic carbocycles. The summed E-state index contributed by atoms with van der Waals surface area (Å²) in [7, 11) is 3.16. The maximum absolute atomic E-state index is 12.0. The lowest BCUT2D eigenvalue weighted by Gasteiger charge is -2.19. The molecule has 0 aliphatic rings. The van der Waals surface area contributed by atoms with Gasteiger partial charge in [-0.15, -0.1) is 0 Å². The standard InChI is InChI=1S/C23H29NO4/c1-23(2,3)18-8-10-19(11-9-18)28-15-14-24-22(25)13-7-17-6-12-20(26-4)21(16-17)27-5/h6-13,16H,14-15H2,1-5H3,(H,24,25)/b13-7+. The molecule has 0 fully saturated rings. The van der Waals surface area contributed by atoms with Crippen molar-refractivity contribution in [2.24, 2.45) is 0 Å². The minimum absolute atomic E-state index is 0.118. The molecular weight excluding hydrogens is 354 g/mol. The van der Waals surface area contributed by atoms with Crippen LogP contribution in [0.2, 0.25) is 0 Å². The van der Waals surface area contributed by atoms with Crippen molar-refractivity contribution < 1.29 is 19.0 Å². The third-order valence-corrected chi connectivity index (χ3v) is 4.23. The molecule has 0 atom stereocenters. The highest BCUT2D eigenvalue weighted by molar-refractivity contribution is 5.91. The van der Waals surface area contributed by atoms with E-state index in [1.165, 1.54) is 11.6 Å². The number of hydrogen-bond donors (Lipinski definition) is 1. The summed E-state index contributed by atoms with van der Waals surface area (Å²) in [5.74, 6) is 1.89. The first-order valence-corrected chi connectivity index (χ1v) is 9.25. The molecule has 0 radical (unpaired) electrons. The highest BCUT2D eigenvalue weighted by atomic mass is 16.5. The first-order valence-electron chi connectivity index (χ1n) is 9.25. The van der Waals surface area contributed by atoms with Gasteiger partial charge in [-0.05, 0) is 46.9 Å². The van der Waals surface area contributed by atoms with E-state index < -0.39 is 0 Å². The Kier molecular flexibility index (Phi) is 7.50. The van der Waals surface area contributed by atoms with Crippen LogP contribution >= 0.6 is 0 Å². The second-order valence-corrected chi connectivity index (χ2v) is 7.36. The summed E-state index contributed by atoms with van der Waals surface area (Å²) in [6, 6.07) is 13.5. The van der Waals surface area contributed by atoms with E-state index in [2.05, 4.69) is 38.2 Å². The molecule has 5 nitrogen and oxygen atoms in total. The molecule has 0 spiro atoms. The molecule has 0 aromatic heterocycles. The number of hydrogen-bond acceptors (Lipinski definition) is 4. The summed E-state index contributed by atoms with van der Waals surface area (Å²) in [4.78, 5) is 12.0. The van der Waals surface area contributed by atoms with Gasteiger partial charge in [-0.25, -0.2) is 0 Å². The van der Waals surface area contributed by atoms with Gasteiger partial charge in [0.15, 0.2) is 11.5 Å². The number of amides is 1. The van der Waals surface area contributed by atoms with Crippen LogP contribution in [0.3, 0.4) is 0 Å². The van der Waals surface area contributed by atoms with Gasteiger partial charge in [-0.2, -0.15) is 0 Å². The van der Waals surface area contributed by atoms with E-state index in [9.17, 15) is 4.79 Å². The largest absolute Gasteiger partial charge is 0.493 e. The molecule has 0 heterocycles. The summed E-state index contributed by atoms with van der Waals surface area (Å²) < 4.78 is 16.1. The Hall–Kier alpha value is -2.95. The van der Waals surface area contributed by atoms with Crippen LogP contribution in [0, 0.1) is 0 Å². The fourth-order valence-electron chi connectivity index (χ4n) is 2.58. The van der Waals surface area contributed by atoms with Crippen LogP contribution in [-0.4, -0.2) is 33.3 Å². The van der Waals surface area contributed by atoms with Crippen molar-refractivity contribution in [3.05, 3.63) is 59.7 Å². The van der Waals surface area contributed by atoms with E-state index in [4.69, 9.17) is 14.2 Å². The van der Waals surface area contributed by atoms with E-state index in [-0.39, 0.29) is 11.3 Å². The van der Waals surface area contributed by atoms with Gasteiger partial charge >= 0.3 is 0 Å². The molecule has 0 aliphatic carbocycles. The quantitative estimate of drug-likeness (QED) is 0.548. The normalized spacial score (nSPS) is 11.3. The summed E-state index contributed by atoms with van der Waals surface area (Å²) in [6.45, 7) is 7.36. The number of methoxy groups -OCH3 is 2. The predicted molar refractivity (Wildman–Crippen MR) is 112 cm³/mol. The van der Waals surface area contributed by atoms with Crippen molar-refractivity contribution in [1.29, 1.82) is 0 Å². The maximum atomic E-state index is 12.0. The summed E-state index contributed by atoms with van der Waals surface area (Å²) in [6.07, 6.45) is 3.21. The zero-order valence-electron chi connectivity index (χ0n) is 17.2. The molecule has 0 bridgehead atoms. The lowest BCUT2D eigenvalue weighted by molar-refractivity contribution is -0.116. The Balaban J connectivity index is 1.77. The van der Waals surface area contributed by atoms with E-state index in [0.717, 1.165) is 11.3 Å². The maximum Gasteiger partial charge on any atom is 0.244 e. The van der Waals surface area contributed by atoms with Crippen molar-refractivity contribution in [3.8, 4) is 17.2 Å². The number of carbonyl (C=O) groups excluding carboxylic acids is 1. The van der Waals surface area contributed by atoms with Crippen LogP contribution < -0.4 is 19.5 Å². The van der Waals surface area contributed by atoms with Crippen molar-refractivity contribution in [2.45, 2.75) is 26.2 Å². The van der Waals surface area contributed by atoms with Crippen LogP contribution in [0.5, 0.6) is 17.2 Å². The molecule has 0 aliphatic heterocycles. The number of rotatable bonds is 8. The van der Waals surface area contributed by atoms with Gasteiger partial charge in [0.2, 0.25) is 5.91 Å². The highest BCUT2D eigenvalue weighted by Crippen LogP contribution is 2.28. The topological polar surface area (TPSA) is 56.8 Å². The molecule has 1 N–H and O–H groups in total. The molecule has 1 amide bonds. The fourth-order valence-corrected chi connectivity index (χ4v) is 2.58. The van der Waals surface area contributed by atoms with Gasteiger partial charge in [-0.1, -0.05) is 39.0 Å². The number of ether oxygens (including phenoxy) is 3. The highest BCUT2D eigenvalue weighted by Gasteiger charge is 2.12. The Morgan fingerprint density at radius 2 is 1.68 bits per heavy atom. The van der Waals surface area contributed by atoms with Crippen molar-refractivity contribution in [3.63, 3.8) is 0 Å². The number of benzene rings is 2. The zero-order valence-corrected chi connectivity index (χ0v) is 17.2. The summed E-state index contributed by atoms with van der Waals surface area (Å²) >= 11 is 0. The fraction of sp³-hybridized carbons (Fsp3) is 0.348. The molecule has 2 aromatic rings. The average Bonchev–Trinajstić information content (AvgIpc) is 2.69. The first kappa shape index (κ1) is 21.4. The molecule has 150 valence electrons.